The van der Waals surface area contributed by atoms with Gasteiger partial charge in [0.2, 0.25) is 0 Å². The summed E-state index contributed by atoms with van der Waals surface area (Å²) in [6, 6.07) is 0. The minimum absolute atomic E-state index is 0.286. The average molecular weight is 304 g/mol. The highest BCUT2D eigenvalue weighted by Crippen LogP contribution is 2.02. The van der Waals surface area contributed by atoms with E-state index in [4.69, 9.17) is 5.11 Å². The first kappa shape index (κ1) is 20.4. The molecule has 0 unspecified atom stereocenters. The number of carbonyl (C=O) groups is 1. The van der Waals surface area contributed by atoms with Crippen LogP contribution in [-0.4, -0.2) is 11.1 Å². The van der Waals surface area contributed by atoms with E-state index in [1.54, 1.807) is 0 Å². The van der Waals surface area contributed by atoms with Crippen molar-refractivity contribution in [3.63, 3.8) is 0 Å². The SMILES string of the molecule is CCCC/C=C\C/C=C\C/C=C\C/C=C\CCCCC(=O)O. The van der Waals surface area contributed by atoms with Crippen LogP contribution in [0.3, 0.4) is 0 Å². The number of unbranched alkanes of at least 4 members (excludes halogenated alkanes) is 4. The van der Waals surface area contributed by atoms with Gasteiger partial charge in [-0.15, -0.1) is 0 Å². The van der Waals surface area contributed by atoms with E-state index in [-0.39, 0.29) is 6.42 Å². The van der Waals surface area contributed by atoms with Crippen molar-refractivity contribution in [2.75, 3.05) is 0 Å². The van der Waals surface area contributed by atoms with Gasteiger partial charge in [0.15, 0.2) is 0 Å². The van der Waals surface area contributed by atoms with Crippen molar-refractivity contribution in [2.24, 2.45) is 0 Å². The topological polar surface area (TPSA) is 37.3 Å². The Bertz CT molecular complexity index is 362. The first-order valence-electron chi connectivity index (χ1n) is 8.59. The highest BCUT2D eigenvalue weighted by molar-refractivity contribution is 5.66. The molecule has 0 amide bonds. The highest BCUT2D eigenvalue weighted by atomic mass is 16.4. The fourth-order valence-electron chi connectivity index (χ4n) is 1.91. The van der Waals surface area contributed by atoms with Crippen LogP contribution in [0.2, 0.25) is 0 Å². The van der Waals surface area contributed by atoms with Crippen molar-refractivity contribution in [1.29, 1.82) is 0 Å². The summed E-state index contributed by atoms with van der Waals surface area (Å²) in [7, 11) is 0. The third kappa shape index (κ3) is 18.4. The predicted molar refractivity (Wildman–Crippen MR) is 96.0 cm³/mol. The highest BCUT2D eigenvalue weighted by Gasteiger charge is 1.93. The van der Waals surface area contributed by atoms with Gasteiger partial charge >= 0.3 is 5.97 Å². The van der Waals surface area contributed by atoms with Crippen LogP contribution < -0.4 is 0 Å². The Labute approximate surface area is 136 Å². The van der Waals surface area contributed by atoms with Crippen molar-refractivity contribution in [2.45, 2.75) is 71.1 Å². The molecule has 0 bridgehead atoms. The fourth-order valence-corrected chi connectivity index (χ4v) is 1.91. The summed E-state index contributed by atoms with van der Waals surface area (Å²) in [5.41, 5.74) is 0. The molecule has 0 aromatic heterocycles. The molecule has 0 radical (unpaired) electrons. The van der Waals surface area contributed by atoms with Gasteiger partial charge in [-0.25, -0.2) is 0 Å². The molecule has 0 aliphatic rings. The van der Waals surface area contributed by atoms with Crippen molar-refractivity contribution in [3.05, 3.63) is 48.6 Å². The predicted octanol–water partition coefficient (Wildman–Crippen LogP) is 6.22. The Morgan fingerprint density at radius 2 is 1.18 bits per heavy atom. The largest absolute Gasteiger partial charge is 0.481 e. The molecule has 0 aromatic carbocycles. The molecule has 0 fully saturated rings. The summed E-state index contributed by atoms with van der Waals surface area (Å²) in [6.07, 6.45) is 27.3. The summed E-state index contributed by atoms with van der Waals surface area (Å²) >= 11 is 0. The molecule has 0 spiro atoms. The molecule has 0 saturated heterocycles. The van der Waals surface area contributed by atoms with Gasteiger partial charge in [0.05, 0.1) is 0 Å². The number of rotatable bonds is 14. The maximum absolute atomic E-state index is 10.3. The Hall–Kier alpha value is -1.57. The molecule has 0 heterocycles. The third-order valence-electron chi connectivity index (χ3n) is 3.22. The number of allylic oxidation sites excluding steroid dienone is 8. The number of carboxylic acid groups (broad SMARTS) is 1. The Morgan fingerprint density at radius 3 is 1.64 bits per heavy atom. The molecule has 124 valence electrons. The van der Waals surface area contributed by atoms with Gasteiger partial charge in [0.1, 0.15) is 0 Å². The lowest BCUT2D eigenvalue weighted by Gasteiger charge is -1.92. The summed E-state index contributed by atoms with van der Waals surface area (Å²) in [4.78, 5) is 10.3. The number of hydrogen-bond acceptors (Lipinski definition) is 1. The van der Waals surface area contributed by atoms with E-state index < -0.39 is 5.97 Å². The standard InChI is InChI=1S/C20H32O2/c1-2-3-4-5-6-7-8-9-10-11-12-13-14-15-16-17-18-19-20(21)22/h5-6,8-9,11-12,14-15H,2-4,7,10,13,16-19H2,1H3,(H,21,22)/b6-5-,9-8-,12-11-,15-14-. The van der Waals surface area contributed by atoms with E-state index in [1.165, 1.54) is 19.3 Å². The molecule has 0 aliphatic carbocycles. The fraction of sp³-hybridized carbons (Fsp3) is 0.550. The van der Waals surface area contributed by atoms with Gasteiger partial charge in [-0.1, -0.05) is 68.4 Å². The second-order valence-electron chi connectivity index (χ2n) is 5.37. The summed E-state index contributed by atoms with van der Waals surface area (Å²) in [6.45, 7) is 2.22. The molecule has 0 atom stereocenters. The Morgan fingerprint density at radius 1 is 0.727 bits per heavy atom. The third-order valence-corrected chi connectivity index (χ3v) is 3.22. The zero-order valence-corrected chi connectivity index (χ0v) is 14.0. The summed E-state index contributed by atoms with van der Waals surface area (Å²) in [5, 5.41) is 8.50. The van der Waals surface area contributed by atoms with E-state index in [0.29, 0.717) is 0 Å². The summed E-state index contributed by atoms with van der Waals surface area (Å²) in [5.74, 6) is -0.698. The molecule has 22 heavy (non-hydrogen) atoms. The summed E-state index contributed by atoms with van der Waals surface area (Å²) < 4.78 is 0. The van der Waals surface area contributed by atoms with Crippen LogP contribution in [0, 0.1) is 0 Å². The number of carboxylic acids is 1. The average Bonchev–Trinajstić information content (AvgIpc) is 2.50. The zero-order valence-electron chi connectivity index (χ0n) is 14.0. The van der Waals surface area contributed by atoms with Crippen LogP contribution in [0.25, 0.3) is 0 Å². The maximum atomic E-state index is 10.3. The molecule has 0 rings (SSSR count). The molecule has 0 aromatic rings. The van der Waals surface area contributed by atoms with Crippen molar-refractivity contribution >= 4 is 5.97 Å². The van der Waals surface area contributed by atoms with E-state index in [2.05, 4.69) is 55.5 Å². The molecule has 1 N–H and O–H groups in total. The van der Waals surface area contributed by atoms with Gasteiger partial charge in [-0.2, -0.15) is 0 Å². The number of hydrogen-bond donors (Lipinski definition) is 1. The minimum Gasteiger partial charge on any atom is -0.481 e. The smallest absolute Gasteiger partial charge is 0.303 e. The molecule has 2 nitrogen and oxygen atoms in total. The van der Waals surface area contributed by atoms with Crippen LogP contribution in [0.5, 0.6) is 0 Å². The maximum Gasteiger partial charge on any atom is 0.303 e. The molecular formula is C20H32O2. The van der Waals surface area contributed by atoms with Crippen molar-refractivity contribution in [3.8, 4) is 0 Å². The van der Waals surface area contributed by atoms with E-state index in [1.807, 2.05) is 0 Å². The van der Waals surface area contributed by atoms with Crippen LogP contribution in [0.4, 0.5) is 0 Å². The zero-order chi connectivity index (χ0) is 16.3. The van der Waals surface area contributed by atoms with Gasteiger partial charge in [0, 0.05) is 6.42 Å². The quantitative estimate of drug-likeness (QED) is 0.305. The Kier molecular flexibility index (Phi) is 16.2. The van der Waals surface area contributed by atoms with Crippen molar-refractivity contribution in [1.82, 2.24) is 0 Å². The normalized spacial score (nSPS) is 12.4. The van der Waals surface area contributed by atoms with Crippen LogP contribution in [0.1, 0.15) is 71.1 Å². The van der Waals surface area contributed by atoms with Crippen LogP contribution in [-0.2, 0) is 4.79 Å². The van der Waals surface area contributed by atoms with Crippen molar-refractivity contribution < 1.29 is 9.90 Å². The minimum atomic E-state index is -0.698. The van der Waals surface area contributed by atoms with E-state index >= 15 is 0 Å². The molecule has 0 aliphatic heterocycles. The Balaban J connectivity index is 3.39. The first-order valence-corrected chi connectivity index (χ1v) is 8.59. The lowest BCUT2D eigenvalue weighted by atomic mass is 10.2. The van der Waals surface area contributed by atoms with Crippen LogP contribution >= 0.6 is 0 Å². The van der Waals surface area contributed by atoms with E-state index in [9.17, 15) is 4.79 Å². The molecule has 0 saturated carbocycles. The first-order chi connectivity index (χ1) is 10.8. The van der Waals surface area contributed by atoms with Gasteiger partial charge in [-0.05, 0) is 44.9 Å². The van der Waals surface area contributed by atoms with Gasteiger partial charge < -0.3 is 5.11 Å². The molecule has 2 heteroatoms. The lowest BCUT2D eigenvalue weighted by molar-refractivity contribution is -0.137. The monoisotopic (exact) mass is 304 g/mol. The second-order valence-corrected chi connectivity index (χ2v) is 5.37. The number of aliphatic carboxylic acids is 1. The van der Waals surface area contributed by atoms with Gasteiger partial charge in [0.25, 0.3) is 0 Å². The van der Waals surface area contributed by atoms with Gasteiger partial charge in [-0.3, -0.25) is 4.79 Å². The lowest BCUT2D eigenvalue weighted by Crippen LogP contribution is -1.92. The second kappa shape index (κ2) is 17.5. The van der Waals surface area contributed by atoms with Crippen LogP contribution in [0.15, 0.2) is 48.6 Å². The molecular weight excluding hydrogens is 272 g/mol. The van der Waals surface area contributed by atoms with E-state index in [0.717, 1.165) is 38.5 Å².